The Kier molecular flexibility index (Phi) is 5.60. The van der Waals surface area contributed by atoms with Gasteiger partial charge in [-0.1, -0.05) is 6.58 Å². The van der Waals surface area contributed by atoms with Crippen molar-refractivity contribution in [2.24, 2.45) is 0 Å². The highest BCUT2D eigenvalue weighted by atomic mass is 16.6. The number of carbonyl (C=O) groups is 2. The van der Waals surface area contributed by atoms with Crippen LogP contribution in [0.5, 0.6) is 0 Å². The van der Waals surface area contributed by atoms with E-state index in [-0.39, 0.29) is 18.1 Å². The number of nitrogens with zero attached hydrogens (tertiary/aromatic N) is 1. The molecule has 114 valence electrons. The first-order valence-corrected chi connectivity index (χ1v) is 7.09. The molecule has 0 aromatic rings. The zero-order valence-corrected chi connectivity index (χ0v) is 12.9. The van der Waals surface area contributed by atoms with Crippen LogP contribution in [0.1, 0.15) is 47.0 Å². The molecule has 0 aliphatic carbocycles. The van der Waals surface area contributed by atoms with Gasteiger partial charge in [0.25, 0.3) is 0 Å². The topological polar surface area (TPSA) is 55.8 Å². The average molecular weight is 283 g/mol. The maximum absolute atomic E-state index is 12.1. The molecule has 0 N–H and O–H groups in total. The molecule has 1 aliphatic heterocycles. The van der Waals surface area contributed by atoms with Gasteiger partial charge in [-0.25, -0.2) is 9.59 Å². The molecular weight excluding hydrogens is 258 g/mol. The van der Waals surface area contributed by atoms with Crippen LogP contribution in [-0.2, 0) is 14.3 Å². The minimum absolute atomic E-state index is 0.0262. The summed E-state index contributed by atoms with van der Waals surface area (Å²) in [6, 6.07) is -0.0262. The molecule has 5 heteroatoms. The van der Waals surface area contributed by atoms with Gasteiger partial charge in [-0.3, -0.25) is 0 Å². The van der Waals surface area contributed by atoms with Crippen LogP contribution in [0.3, 0.4) is 0 Å². The minimum Gasteiger partial charge on any atom is -0.463 e. The van der Waals surface area contributed by atoms with Crippen LogP contribution in [0.15, 0.2) is 12.2 Å². The second-order valence-corrected chi connectivity index (χ2v) is 6.00. The van der Waals surface area contributed by atoms with Crippen molar-refractivity contribution in [1.82, 2.24) is 4.90 Å². The van der Waals surface area contributed by atoms with Gasteiger partial charge in [0.05, 0.1) is 6.61 Å². The molecule has 0 radical (unpaired) electrons. The number of esters is 1. The van der Waals surface area contributed by atoms with Crippen molar-refractivity contribution in [3.05, 3.63) is 12.2 Å². The van der Waals surface area contributed by atoms with E-state index in [1.807, 2.05) is 20.8 Å². The van der Waals surface area contributed by atoms with E-state index in [0.717, 1.165) is 12.8 Å². The number of hydrogen-bond donors (Lipinski definition) is 0. The summed E-state index contributed by atoms with van der Waals surface area (Å²) in [5.41, 5.74) is -0.102. The molecular formula is C15H25NO4. The quantitative estimate of drug-likeness (QED) is 0.588. The third-order valence-corrected chi connectivity index (χ3v) is 3.05. The second-order valence-electron chi connectivity index (χ2n) is 6.00. The Morgan fingerprint density at radius 3 is 2.55 bits per heavy atom. The lowest BCUT2D eigenvalue weighted by Gasteiger charge is -2.28. The minimum atomic E-state index is -0.512. The molecule has 5 nitrogen and oxygen atoms in total. The van der Waals surface area contributed by atoms with Crippen LogP contribution in [0.2, 0.25) is 0 Å². The highest BCUT2D eigenvalue weighted by molar-refractivity contribution is 5.87. The van der Waals surface area contributed by atoms with Crippen molar-refractivity contribution < 1.29 is 19.1 Å². The van der Waals surface area contributed by atoms with E-state index in [2.05, 4.69) is 6.58 Å². The van der Waals surface area contributed by atoms with Gasteiger partial charge < -0.3 is 14.4 Å². The summed E-state index contributed by atoms with van der Waals surface area (Å²) in [6.07, 6.45) is 1.90. The van der Waals surface area contributed by atoms with Gasteiger partial charge in [-0.2, -0.15) is 0 Å². The summed E-state index contributed by atoms with van der Waals surface area (Å²) >= 11 is 0. The van der Waals surface area contributed by atoms with E-state index in [1.165, 1.54) is 0 Å². The van der Waals surface area contributed by atoms with Crippen LogP contribution in [-0.4, -0.2) is 41.8 Å². The van der Waals surface area contributed by atoms with Gasteiger partial charge in [0, 0.05) is 18.2 Å². The van der Waals surface area contributed by atoms with E-state index in [4.69, 9.17) is 9.47 Å². The van der Waals surface area contributed by atoms with Crippen molar-refractivity contribution in [1.29, 1.82) is 0 Å². The number of rotatable bonds is 4. The lowest BCUT2D eigenvalue weighted by Crippen LogP contribution is -2.40. The molecule has 0 aromatic heterocycles. The third kappa shape index (κ3) is 4.87. The first kappa shape index (κ1) is 16.5. The Hall–Kier alpha value is -1.52. The number of likely N-dealkylation sites (tertiary alicyclic amines) is 1. The SMILES string of the molecule is C=C(CC1CCCN1C(=O)OC(C)(C)C)C(=O)OCC. The first-order valence-electron chi connectivity index (χ1n) is 7.09. The Morgan fingerprint density at radius 1 is 1.35 bits per heavy atom. The Labute approximate surface area is 120 Å². The molecule has 0 bridgehead atoms. The molecule has 1 heterocycles. The maximum Gasteiger partial charge on any atom is 0.410 e. The lowest BCUT2D eigenvalue weighted by atomic mass is 10.1. The van der Waals surface area contributed by atoms with E-state index in [0.29, 0.717) is 25.1 Å². The Balaban J connectivity index is 2.59. The van der Waals surface area contributed by atoms with Crippen molar-refractivity contribution in [3.63, 3.8) is 0 Å². The zero-order chi connectivity index (χ0) is 15.3. The van der Waals surface area contributed by atoms with Gasteiger partial charge in [0.1, 0.15) is 5.60 Å². The highest BCUT2D eigenvalue weighted by Gasteiger charge is 2.33. The van der Waals surface area contributed by atoms with Crippen LogP contribution >= 0.6 is 0 Å². The molecule has 1 amide bonds. The van der Waals surface area contributed by atoms with E-state index >= 15 is 0 Å². The van der Waals surface area contributed by atoms with E-state index in [9.17, 15) is 9.59 Å². The zero-order valence-electron chi connectivity index (χ0n) is 12.9. The third-order valence-electron chi connectivity index (χ3n) is 3.05. The maximum atomic E-state index is 12.1. The van der Waals surface area contributed by atoms with Crippen molar-refractivity contribution in [2.45, 2.75) is 58.6 Å². The summed E-state index contributed by atoms with van der Waals surface area (Å²) in [5.74, 6) is -0.386. The Morgan fingerprint density at radius 2 is 2.00 bits per heavy atom. The molecule has 1 fully saturated rings. The Bertz CT molecular complexity index is 384. The summed E-state index contributed by atoms with van der Waals surface area (Å²) in [4.78, 5) is 25.4. The second kappa shape index (κ2) is 6.77. The fourth-order valence-electron chi connectivity index (χ4n) is 2.21. The van der Waals surface area contributed by atoms with Crippen molar-refractivity contribution in [3.8, 4) is 0 Å². The monoisotopic (exact) mass is 283 g/mol. The van der Waals surface area contributed by atoms with Gasteiger partial charge in [-0.05, 0) is 47.0 Å². The van der Waals surface area contributed by atoms with Crippen LogP contribution in [0, 0.1) is 0 Å². The molecule has 0 saturated carbocycles. The van der Waals surface area contributed by atoms with Gasteiger partial charge in [-0.15, -0.1) is 0 Å². The normalized spacial score (nSPS) is 18.8. The number of carbonyl (C=O) groups excluding carboxylic acids is 2. The number of hydrogen-bond acceptors (Lipinski definition) is 4. The largest absolute Gasteiger partial charge is 0.463 e. The lowest BCUT2D eigenvalue weighted by molar-refractivity contribution is -0.138. The van der Waals surface area contributed by atoms with Crippen LogP contribution in [0.25, 0.3) is 0 Å². The number of amides is 1. The highest BCUT2D eigenvalue weighted by Crippen LogP contribution is 2.25. The van der Waals surface area contributed by atoms with Gasteiger partial charge >= 0.3 is 12.1 Å². The molecule has 1 saturated heterocycles. The molecule has 1 rings (SSSR count). The summed E-state index contributed by atoms with van der Waals surface area (Å²) < 4.78 is 10.3. The summed E-state index contributed by atoms with van der Waals surface area (Å²) in [6.45, 7) is 12.0. The van der Waals surface area contributed by atoms with E-state index < -0.39 is 5.60 Å². The average Bonchev–Trinajstić information content (AvgIpc) is 2.75. The van der Waals surface area contributed by atoms with E-state index in [1.54, 1.807) is 11.8 Å². The standard InChI is InChI=1S/C15H25NO4/c1-6-19-13(17)11(2)10-12-8-7-9-16(12)14(18)20-15(3,4)5/h12H,2,6-10H2,1,3-5H3. The first-order chi connectivity index (χ1) is 9.24. The predicted molar refractivity (Wildman–Crippen MR) is 76.4 cm³/mol. The van der Waals surface area contributed by atoms with Crippen molar-refractivity contribution in [2.75, 3.05) is 13.2 Å². The molecule has 1 aliphatic rings. The fraction of sp³-hybridized carbons (Fsp3) is 0.733. The smallest absolute Gasteiger partial charge is 0.410 e. The molecule has 1 atom stereocenters. The molecule has 0 spiro atoms. The predicted octanol–water partition coefficient (Wildman–Crippen LogP) is 2.90. The van der Waals surface area contributed by atoms with Crippen molar-refractivity contribution >= 4 is 12.1 Å². The fourth-order valence-corrected chi connectivity index (χ4v) is 2.21. The summed E-state index contributed by atoms with van der Waals surface area (Å²) in [5, 5.41) is 0. The molecule has 20 heavy (non-hydrogen) atoms. The summed E-state index contributed by atoms with van der Waals surface area (Å²) in [7, 11) is 0. The van der Waals surface area contributed by atoms with Gasteiger partial charge in [0.2, 0.25) is 0 Å². The molecule has 1 unspecified atom stereocenters. The number of ether oxygens (including phenoxy) is 2. The van der Waals surface area contributed by atoms with Crippen LogP contribution in [0.4, 0.5) is 4.79 Å². The molecule has 0 aromatic carbocycles. The van der Waals surface area contributed by atoms with Gasteiger partial charge in [0.15, 0.2) is 0 Å². The van der Waals surface area contributed by atoms with Crippen LogP contribution < -0.4 is 0 Å².